The van der Waals surface area contributed by atoms with Crippen LogP contribution in [0.2, 0.25) is 0 Å². The van der Waals surface area contributed by atoms with Gasteiger partial charge >= 0.3 is 0 Å². The van der Waals surface area contributed by atoms with Crippen molar-refractivity contribution < 1.29 is 4.39 Å². The van der Waals surface area contributed by atoms with E-state index >= 15 is 0 Å². The van der Waals surface area contributed by atoms with E-state index in [0.717, 1.165) is 6.21 Å². The third-order valence-electron chi connectivity index (χ3n) is 1.55. The van der Waals surface area contributed by atoms with Crippen LogP contribution in [-0.2, 0) is 0 Å². The lowest BCUT2D eigenvalue weighted by Gasteiger charge is -2.06. The highest BCUT2D eigenvalue weighted by Gasteiger charge is 2.07. The van der Waals surface area contributed by atoms with Gasteiger partial charge in [-0.05, 0) is 28.1 Å². The molecule has 4 heteroatoms. The average Bonchev–Trinajstić information content (AvgIpc) is 2.09. The minimum absolute atomic E-state index is 0.270. The monoisotopic (exact) mass is 230 g/mol. The maximum Gasteiger partial charge on any atom is 0.148 e. The molecule has 0 fully saturated rings. The van der Waals surface area contributed by atoms with E-state index in [2.05, 4.69) is 21.2 Å². The number of anilines is 1. The highest BCUT2D eigenvalue weighted by Crippen LogP contribution is 2.23. The van der Waals surface area contributed by atoms with Crippen LogP contribution >= 0.6 is 15.9 Å². The highest BCUT2D eigenvalue weighted by molar-refractivity contribution is 9.10. The van der Waals surface area contributed by atoms with Gasteiger partial charge in [0.25, 0.3) is 0 Å². The van der Waals surface area contributed by atoms with Crippen molar-refractivity contribution in [3.05, 3.63) is 28.0 Å². The van der Waals surface area contributed by atoms with E-state index < -0.39 is 5.82 Å². The molecule has 0 heterocycles. The largest absolute Gasteiger partial charge is 0.388 e. The molecule has 0 amide bonds. The highest BCUT2D eigenvalue weighted by atomic mass is 79.9. The van der Waals surface area contributed by atoms with Gasteiger partial charge in [-0.1, -0.05) is 0 Å². The molecule has 0 saturated carbocycles. The molecule has 1 aromatic rings. The standard InChI is InChI=1S/C8H8BrFN2/c1-12-7-3-2-6(9)8(10)5(7)4-11/h2-4,11-12H,1H3. The summed E-state index contributed by atoms with van der Waals surface area (Å²) in [6.07, 6.45) is 0.992. The number of benzene rings is 1. The van der Waals surface area contributed by atoms with Crippen molar-refractivity contribution in [2.75, 3.05) is 12.4 Å². The third-order valence-corrected chi connectivity index (χ3v) is 2.16. The predicted octanol–water partition coefficient (Wildman–Crippen LogP) is 2.63. The molecule has 0 radical (unpaired) electrons. The second-order valence-corrected chi connectivity index (χ2v) is 3.07. The molecule has 64 valence electrons. The summed E-state index contributed by atoms with van der Waals surface area (Å²) in [6.45, 7) is 0. The fourth-order valence-corrected chi connectivity index (χ4v) is 1.27. The molecule has 0 aliphatic carbocycles. The molecule has 0 unspecified atom stereocenters. The Bertz CT molecular complexity index is 312. The van der Waals surface area contributed by atoms with Crippen molar-refractivity contribution in [1.82, 2.24) is 0 Å². The molecule has 0 aliphatic heterocycles. The van der Waals surface area contributed by atoms with Crippen molar-refractivity contribution in [1.29, 1.82) is 5.41 Å². The second kappa shape index (κ2) is 3.67. The van der Waals surface area contributed by atoms with Gasteiger partial charge < -0.3 is 10.7 Å². The summed E-state index contributed by atoms with van der Waals surface area (Å²) >= 11 is 3.04. The predicted molar refractivity (Wildman–Crippen MR) is 51.5 cm³/mol. The summed E-state index contributed by atoms with van der Waals surface area (Å²) in [7, 11) is 1.69. The molecule has 2 nitrogen and oxygen atoms in total. The van der Waals surface area contributed by atoms with Crippen LogP contribution in [0, 0.1) is 11.2 Å². The zero-order chi connectivity index (χ0) is 9.14. The van der Waals surface area contributed by atoms with Gasteiger partial charge in [0.1, 0.15) is 5.82 Å². The first-order valence-electron chi connectivity index (χ1n) is 3.37. The normalized spacial score (nSPS) is 9.58. The van der Waals surface area contributed by atoms with Crippen LogP contribution < -0.4 is 5.32 Å². The first kappa shape index (κ1) is 9.19. The van der Waals surface area contributed by atoms with Gasteiger partial charge in [-0.2, -0.15) is 0 Å². The Morgan fingerprint density at radius 3 is 2.75 bits per heavy atom. The van der Waals surface area contributed by atoms with E-state index in [0.29, 0.717) is 10.2 Å². The Morgan fingerprint density at radius 1 is 1.58 bits per heavy atom. The average molecular weight is 231 g/mol. The van der Waals surface area contributed by atoms with Gasteiger partial charge in [-0.3, -0.25) is 0 Å². The number of hydrogen-bond donors (Lipinski definition) is 2. The Hall–Kier alpha value is -0.900. The van der Waals surface area contributed by atoms with E-state index in [-0.39, 0.29) is 5.56 Å². The van der Waals surface area contributed by atoms with E-state index in [4.69, 9.17) is 5.41 Å². The van der Waals surface area contributed by atoms with Gasteiger partial charge in [-0.25, -0.2) is 4.39 Å². The van der Waals surface area contributed by atoms with Crippen LogP contribution in [0.3, 0.4) is 0 Å². The Labute approximate surface area is 78.4 Å². The number of rotatable bonds is 2. The number of nitrogens with one attached hydrogen (secondary N) is 2. The van der Waals surface area contributed by atoms with E-state index in [9.17, 15) is 4.39 Å². The van der Waals surface area contributed by atoms with Gasteiger partial charge in [-0.15, -0.1) is 0 Å². The lowest BCUT2D eigenvalue weighted by molar-refractivity contribution is 0.619. The van der Waals surface area contributed by atoms with Crippen molar-refractivity contribution >= 4 is 27.8 Å². The summed E-state index contributed by atoms with van der Waals surface area (Å²) in [5, 5.41) is 9.80. The summed E-state index contributed by atoms with van der Waals surface area (Å²) in [4.78, 5) is 0. The van der Waals surface area contributed by atoms with Crippen molar-refractivity contribution in [2.24, 2.45) is 0 Å². The zero-order valence-electron chi connectivity index (χ0n) is 6.49. The fraction of sp³-hybridized carbons (Fsp3) is 0.125. The first-order valence-corrected chi connectivity index (χ1v) is 4.16. The van der Waals surface area contributed by atoms with Crippen LogP contribution in [0.5, 0.6) is 0 Å². The molecular formula is C8H8BrFN2. The van der Waals surface area contributed by atoms with Gasteiger partial charge in [0, 0.05) is 18.9 Å². The number of hydrogen-bond acceptors (Lipinski definition) is 2. The molecular weight excluding hydrogens is 223 g/mol. The summed E-state index contributed by atoms with van der Waals surface area (Å²) in [5.41, 5.74) is 0.887. The van der Waals surface area contributed by atoms with Crippen LogP contribution in [0.1, 0.15) is 5.56 Å². The molecule has 0 spiro atoms. The topological polar surface area (TPSA) is 35.9 Å². The second-order valence-electron chi connectivity index (χ2n) is 2.22. The van der Waals surface area contributed by atoms with Gasteiger partial charge in [0.15, 0.2) is 0 Å². The first-order chi connectivity index (χ1) is 5.70. The van der Waals surface area contributed by atoms with E-state index in [1.54, 1.807) is 19.2 Å². The molecule has 0 bridgehead atoms. The molecule has 0 aliphatic rings. The molecule has 0 aromatic heterocycles. The molecule has 12 heavy (non-hydrogen) atoms. The quantitative estimate of drug-likeness (QED) is 0.754. The Kier molecular flexibility index (Phi) is 2.81. The summed E-state index contributed by atoms with van der Waals surface area (Å²) < 4.78 is 13.6. The van der Waals surface area contributed by atoms with Crippen molar-refractivity contribution in [3.63, 3.8) is 0 Å². The van der Waals surface area contributed by atoms with Crippen LogP contribution in [0.25, 0.3) is 0 Å². The minimum atomic E-state index is -0.406. The van der Waals surface area contributed by atoms with Crippen LogP contribution in [-0.4, -0.2) is 13.3 Å². The Balaban J connectivity index is 3.35. The minimum Gasteiger partial charge on any atom is -0.388 e. The molecule has 1 aromatic carbocycles. The number of halogens is 2. The van der Waals surface area contributed by atoms with Crippen LogP contribution in [0.4, 0.5) is 10.1 Å². The molecule has 0 saturated heterocycles. The van der Waals surface area contributed by atoms with Crippen molar-refractivity contribution in [3.8, 4) is 0 Å². The fourth-order valence-electron chi connectivity index (χ4n) is 0.925. The smallest absolute Gasteiger partial charge is 0.148 e. The maximum absolute atomic E-state index is 13.2. The van der Waals surface area contributed by atoms with E-state index in [1.165, 1.54) is 0 Å². The lowest BCUT2D eigenvalue weighted by Crippen LogP contribution is -1.98. The summed E-state index contributed by atoms with van der Waals surface area (Å²) in [6, 6.07) is 3.32. The van der Waals surface area contributed by atoms with Gasteiger partial charge in [0.2, 0.25) is 0 Å². The van der Waals surface area contributed by atoms with Crippen molar-refractivity contribution in [2.45, 2.75) is 0 Å². The SMILES string of the molecule is CNc1ccc(Br)c(F)c1C=N. The van der Waals surface area contributed by atoms with Crippen LogP contribution in [0.15, 0.2) is 16.6 Å². The maximum atomic E-state index is 13.2. The Morgan fingerprint density at radius 2 is 2.25 bits per heavy atom. The lowest BCUT2D eigenvalue weighted by atomic mass is 10.2. The third kappa shape index (κ3) is 1.48. The summed E-state index contributed by atoms with van der Waals surface area (Å²) in [5.74, 6) is -0.406. The van der Waals surface area contributed by atoms with Gasteiger partial charge in [0.05, 0.1) is 10.0 Å². The molecule has 1 rings (SSSR count). The molecule has 2 N–H and O–H groups in total. The zero-order valence-corrected chi connectivity index (χ0v) is 8.07. The van der Waals surface area contributed by atoms with E-state index in [1.807, 2.05) is 0 Å². The molecule has 0 atom stereocenters.